The number of methoxy groups -OCH3 is 1. The van der Waals surface area contributed by atoms with Crippen molar-refractivity contribution < 1.29 is 4.74 Å². The van der Waals surface area contributed by atoms with Crippen molar-refractivity contribution in [2.24, 2.45) is 0 Å². The second kappa shape index (κ2) is 7.39. The van der Waals surface area contributed by atoms with Crippen LogP contribution in [0.1, 0.15) is 27.8 Å². The van der Waals surface area contributed by atoms with E-state index in [4.69, 9.17) is 9.72 Å². The Hall–Kier alpha value is -0.810. The monoisotopic (exact) mass is 372 g/mol. The molecule has 3 nitrogen and oxygen atoms in total. The van der Waals surface area contributed by atoms with Crippen molar-refractivity contribution >= 4 is 36.2 Å². The van der Waals surface area contributed by atoms with Crippen LogP contribution < -0.4 is 4.74 Å². The third-order valence-corrected chi connectivity index (χ3v) is 5.94. The van der Waals surface area contributed by atoms with Gasteiger partial charge >= 0.3 is 0 Å². The molecule has 1 unspecified atom stereocenters. The first kappa shape index (κ1) is 18.5. The number of fused-ring (bicyclic) bond motifs is 3. The van der Waals surface area contributed by atoms with Crippen LogP contribution in [0.4, 0.5) is 0 Å². The molecule has 2 aromatic rings. The Bertz CT molecular complexity index is 689. The van der Waals surface area contributed by atoms with E-state index < -0.39 is 0 Å². The molecule has 0 N–H and O–H groups in total. The third-order valence-electron chi connectivity index (χ3n) is 4.66. The Morgan fingerprint density at radius 2 is 2.09 bits per heavy atom. The summed E-state index contributed by atoms with van der Waals surface area (Å²) in [6.45, 7) is 2.34. The van der Waals surface area contributed by atoms with Gasteiger partial charge in [-0.25, -0.2) is 4.98 Å². The topological polar surface area (TPSA) is 25.4 Å². The molecule has 1 aliphatic carbocycles. The molecule has 0 bridgehead atoms. The summed E-state index contributed by atoms with van der Waals surface area (Å²) >= 11 is 1.93. The summed E-state index contributed by atoms with van der Waals surface area (Å²) in [6, 6.07) is 6.33. The first-order valence-corrected chi connectivity index (χ1v) is 8.42. The third kappa shape index (κ3) is 3.22. The van der Waals surface area contributed by atoms with Gasteiger partial charge in [0.1, 0.15) is 5.75 Å². The maximum absolute atomic E-state index is 5.52. The lowest BCUT2D eigenvalue weighted by molar-refractivity contribution is 0.409. The van der Waals surface area contributed by atoms with Gasteiger partial charge in [-0.15, -0.1) is 36.2 Å². The molecule has 1 saturated heterocycles. The highest BCUT2D eigenvalue weighted by atomic mass is 35.5. The normalized spacial score (nSPS) is 19.3. The molecular formula is C17H22Cl2N2OS. The zero-order valence-electron chi connectivity index (χ0n) is 13.4. The van der Waals surface area contributed by atoms with Crippen molar-refractivity contribution in [3.8, 4) is 17.0 Å². The van der Waals surface area contributed by atoms with Crippen molar-refractivity contribution in [3.63, 3.8) is 0 Å². The minimum Gasteiger partial charge on any atom is -0.496 e. The van der Waals surface area contributed by atoms with Crippen LogP contribution in [0.5, 0.6) is 5.75 Å². The molecule has 0 saturated carbocycles. The van der Waals surface area contributed by atoms with Gasteiger partial charge in [0.15, 0.2) is 0 Å². The molecule has 2 heterocycles. The van der Waals surface area contributed by atoms with Crippen LogP contribution in [-0.2, 0) is 12.8 Å². The standard InChI is InChI=1S/C17H20N2OS.2ClH/c1-19-9-8-11(10-19)17-18-16-13-4-3-5-14(20-2)12(13)6-7-15(16)21-17;;/h3-5,11H,6-10H2,1-2H3;2*1H. The molecule has 1 atom stereocenters. The van der Waals surface area contributed by atoms with Crippen LogP contribution in [-0.4, -0.2) is 37.1 Å². The number of rotatable bonds is 2. The highest BCUT2D eigenvalue weighted by molar-refractivity contribution is 7.12. The molecule has 0 spiro atoms. The lowest BCUT2D eigenvalue weighted by Gasteiger charge is -2.17. The van der Waals surface area contributed by atoms with Gasteiger partial charge in [0.25, 0.3) is 0 Å². The van der Waals surface area contributed by atoms with Crippen LogP contribution >= 0.6 is 36.2 Å². The summed E-state index contributed by atoms with van der Waals surface area (Å²) in [5.41, 5.74) is 3.82. The molecule has 126 valence electrons. The SMILES string of the molecule is COc1cccc2c1CCc1sc(C3CCN(C)C3)nc1-2.Cl.Cl. The highest BCUT2D eigenvalue weighted by Crippen LogP contribution is 2.42. The van der Waals surface area contributed by atoms with E-state index in [1.807, 2.05) is 11.3 Å². The molecule has 1 fully saturated rings. The van der Waals surface area contributed by atoms with E-state index in [0.717, 1.165) is 25.1 Å². The van der Waals surface area contributed by atoms with E-state index in [2.05, 4.69) is 30.1 Å². The van der Waals surface area contributed by atoms with E-state index >= 15 is 0 Å². The Morgan fingerprint density at radius 1 is 1.26 bits per heavy atom. The molecule has 4 rings (SSSR count). The van der Waals surface area contributed by atoms with Gasteiger partial charge in [-0.1, -0.05) is 12.1 Å². The minimum absolute atomic E-state index is 0. The fourth-order valence-corrected chi connectivity index (χ4v) is 4.74. The Kier molecular flexibility index (Phi) is 5.95. The number of ether oxygens (including phenoxy) is 1. The summed E-state index contributed by atoms with van der Waals surface area (Å²) in [5, 5.41) is 1.33. The fraction of sp³-hybridized carbons (Fsp3) is 0.471. The Labute approximate surface area is 153 Å². The quantitative estimate of drug-likeness (QED) is 0.790. The fourth-order valence-electron chi connectivity index (χ4n) is 3.54. The molecule has 2 aliphatic rings. The van der Waals surface area contributed by atoms with Crippen molar-refractivity contribution in [1.29, 1.82) is 0 Å². The van der Waals surface area contributed by atoms with E-state index in [1.54, 1.807) is 7.11 Å². The average molecular weight is 373 g/mol. The number of hydrogen-bond donors (Lipinski definition) is 0. The maximum Gasteiger partial charge on any atom is 0.122 e. The zero-order chi connectivity index (χ0) is 14.4. The number of aromatic nitrogens is 1. The van der Waals surface area contributed by atoms with Gasteiger partial charge in [0.2, 0.25) is 0 Å². The predicted octanol–water partition coefficient (Wildman–Crippen LogP) is 4.18. The van der Waals surface area contributed by atoms with Crippen LogP contribution in [0.3, 0.4) is 0 Å². The van der Waals surface area contributed by atoms with Crippen LogP contribution in [0, 0.1) is 0 Å². The number of aryl methyl sites for hydroxylation is 1. The van der Waals surface area contributed by atoms with Crippen molar-refractivity contribution in [2.75, 3.05) is 27.2 Å². The summed E-state index contributed by atoms with van der Waals surface area (Å²) < 4.78 is 5.52. The van der Waals surface area contributed by atoms with Gasteiger partial charge < -0.3 is 9.64 Å². The van der Waals surface area contributed by atoms with Gasteiger partial charge in [-0.05, 0) is 38.9 Å². The van der Waals surface area contributed by atoms with E-state index in [1.165, 1.54) is 39.7 Å². The van der Waals surface area contributed by atoms with Crippen LogP contribution in [0.15, 0.2) is 18.2 Å². The van der Waals surface area contributed by atoms with Crippen molar-refractivity contribution in [1.82, 2.24) is 9.88 Å². The molecule has 6 heteroatoms. The van der Waals surface area contributed by atoms with Crippen molar-refractivity contribution in [2.45, 2.75) is 25.2 Å². The first-order chi connectivity index (χ1) is 10.3. The van der Waals surface area contributed by atoms with Gasteiger partial charge in [-0.3, -0.25) is 0 Å². The average Bonchev–Trinajstić information content (AvgIpc) is 3.12. The summed E-state index contributed by atoms with van der Waals surface area (Å²) in [4.78, 5) is 8.88. The van der Waals surface area contributed by atoms with E-state index in [9.17, 15) is 0 Å². The smallest absolute Gasteiger partial charge is 0.122 e. The number of benzene rings is 1. The van der Waals surface area contributed by atoms with Gasteiger partial charge in [-0.2, -0.15) is 0 Å². The molecular weight excluding hydrogens is 351 g/mol. The molecule has 23 heavy (non-hydrogen) atoms. The largest absolute Gasteiger partial charge is 0.496 e. The number of nitrogens with zero attached hydrogens (tertiary/aromatic N) is 2. The number of likely N-dealkylation sites (N-methyl/N-ethyl adjacent to an activating group) is 1. The minimum atomic E-state index is 0. The molecule has 1 aliphatic heterocycles. The maximum atomic E-state index is 5.52. The zero-order valence-corrected chi connectivity index (χ0v) is 15.8. The van der Waals surface area contributed by atoms with E-state index in [-0.39, 0.29) is 24.8 Å². The second-order valence-electron chi connectivity index (χ2n) is 6.06. The molecule has 0 radical (unpaired) electrons. The lowest BCUT2D eigenvalue weighted by atomic mass is 9.92. The second-order valence-corrected chi connectivity index (χ2v) is 7.17. The summed E-state index contributed by atoms with van der Waals surface area (Å²) in [5.74, 6) is 1.63. The lowest BCUT2D eigenvalue weighted by Crippen LogP contribution is -2.13. The predicted molar refractivity (Wildman–Crippen MR) is 101 cm³/mol. The number of likely N-dealkylation sites (tertiary alicyclic amines) is 1. The molecule has 0 amide bonds. The molecule has 1 aromatic heterocycles. The van der Waals surface area contributed by atoms with Crippen LogP contribution in [0.2, 0.25) is 0 Å². The number of hydrogen-bond acceptors (Lipinski definition) is 4. The Morgan fingerprint density at radius 3 is 2.78 bits per heavy atom. The highest BCUT2D eigenvalue weighted by Gasteiger charge is 2.28. The van der Waals surface area contributed by atoms with Gasteiger partial charge in [0.05, 0.1) is 17.8 Å². The summed E-state index contributed by atoms with van der Waals surface area (Å²) in [7, 11) is 3.96. The van der Waals surface area contributed by atoms with E-state index in [0.29, 0.717) is 5.92 Å². The summed E-state index contributed by atoms with van der Waals surface area (Å²) in [6.07, 6.45) is 3.41. The van der Waals surface area contributed by atoms with Crippen LogP contribution in [0.25, 0.3) is 11.3 Å². The number of halogens is 2. The first-order valence-electron chi connectivity index (χ1n) is 7.60. The van der Waals surface area contributed by atoms with Crippen molar-refractivity contribution in [3.05, 3.63) is 33.6 Å². The molecule has 1 aromatic carbocycles. The van der Waals surface area contributed by atoms with Gasteiger partial charge in [0, 0.05) is 28.5 Å². The number of thiazole rings is 1. The Balaban J connectivity index is 0.000000960.